The van der Waals surface area contributed by atoms with Crippen LogP contribution in [0.5, 0.6) is 0 Å². The molecular formula is C11H22N2O7S. The molecule has 4 N–H and O–H groups in total. The highest BCUT2D eigenvalue weighted by atomic mass is 32.3. The summed E-state index contributed by atoms with van der Waals surface area (Å²) in [5.74, 6) is -0.795. The van der Waals surface area contributed by atoms with Gasteiger partial charge in [0, 0.05) is 12.1 Å². The smallest absolute Gasteiger partial charge is 0.394 e. The fourth-order valence-electron chi connectivity index (χ4n) is 0.444. The van der Waals surface area contributed by atoms with Gasteiger partial charge in [-0.25, -0.2) is 4.79 Å². The van der Waals surface area contributed by atoms with Gasteiger partial charge in [-0.15, -0.1) is 0 Å². The molecule has 0 aromatic carbocycles. The number of carbonyl (C=O) groups excluding carboxylic acids is 2. The van der Waals surface area contributed by atoms with Crippen LogP contribution in [0.3, 0.4) is 0 Å². The Hall–Kier alpha value is -1.75. The lowest BCUT2D eigenvalue weighted by atomic mass is 10.4. The Morgan fingerprint density at radius 2 is 1.67 bits per heavy atom. The van der Waals surface area contributed by atoms with Crippen molar-refractivity contribution in [2.75, 3.05) is 27.2 Å². The van der Waals surface area contributed by atoms with Crippen LogP contribution in [-0.4, -0.2) is 61.5 Å². The molecule has 0 atom stereocenters. The number of likely N-dealkylation sites (N-methyl/N-ethyl adjacent to an activating group) is 1. The summed E-state index contributed by atoms with van der Waals surface area (Å²) in [7, 11) is -0.816. The number of hydrogen-bond acceptors (Lipinski definition) is 6. The first kappa shape index (κ1) is 24.3. The Kier molecular flexibility index (Phi) is 15.3. The van der Waals surface area contributed by atoms with Crippen LogP contribution in [0.15, 0.2) is 24.8 Å². The van der Waals surface area contributed by atoms with Gasteiger partial charge in [-0.05, 0) is 27.1 Å². The molecule has 21 heavy (non-hydrogen) atoms. The number of primary amides is 1. The normalized spacial score (nSPS) is 9.43. The second-order valence-electron chi connectivity index (χ2n) is 3.77. The monoisotopic (exact) mass is 326 g/mol. The molecule has 0 aliphatic carbocycles. The van der Waals surface area contributed by atoms with Crippen LogP contribution in [0.2, 0.25) is 0 Å². The van der Waals surface area contributed by atoms with Crippen LogP contribution >= 0.6 is 0 Å². The SMILES string of the molecule is C=C(C)C(=O)OCCN(C)C.C=CC(N)=O.O=S(=O)(O)O. The number of carbonyl (C=O) groups is 2. The third-order valence-corrected chi connectivity index (χ3v) is 1.32. The largest absolute Gasteiger partial charge is 0.461 e. The Bertz CT molecular complexity index is 435. The van der Waals surface area contributed by atoms with Crippen molar-refractivity contribution in [2.24, 2.45) is 5.73 Å². The third kappa shape index (κ3) is 45.9. The lowest BCUT2D eigenvalue weighted by molar-refractivity contribution is -0.139. The minimum Gasteiger partial charge on any atom is -0.461 e. The van der Waals surface area contributed by atoms with E-state index >= 15 is 0 Å². The molecule has 0 saturated heterocycles. The van der Waals surface area contributed by atoms with Crippen molar-refractivity contribution >= 4 is 22.3 Å². The quantitative estimate of drug-likeness (QED) is 0.353. The Labute approximate surface area is 124 Å². The summed E-state index contributed by atoms with van der Waals surface area (Å²) in [6, 6.07) is 0. The highest BCUT2D eigenvalue weighted by molar-refractivity contribution is 7.79. The Morgan fingerprint density at radius 1 is 1.33 bits per heavy atom. The van der Waals surface area contributed by atoms with Crippen LogP contribution < -0.4 is 5.73 Å². The minimum atomic E-state index is -4.67. The maximum absolute atomic E-state index is 10.8. The van der Waals surface area contributed by atoms with Gasteiger partial charge < -0.3 is 15.4 Å². The molecule has 9 nitrogen and oxygen atoms in total. The zero-order valence-electron chi connectivity index (χ0n) is 12.3. The van der Waals surface area contributed by atoms with Crippen LogP contribution in [0.1, 0.15) is 6.92 Å². The van der Waals surface area contributed by atoms with E-state index in [1.807, 2.05) is 19.0 Å². The zero-order valence-corrected chi connectivity index (χ0v) is 13.1. The van der Waals surface area contributed by atoms with E-state index in [1.54, 1.807) is 6.92 Å². The molecule has 10 heteroatoms. The van der Waals surface area contributed by atoms with Crippen molar-refractivity contribution in [2.45, 2.75) is 6.92 Å². The molecule has 0 fully saturated rings. The molecular weight excluding hydrogens is 304 g/mol. The Balaban J connectivity index is -0.000000270. The maximum Gasteiger partial charge on any atom is 0.394 e. The number of nitrogens with two attached hydrogens (primary N) is 1. The van der Waals surface area contributed by atoms with Gasteiger partial charge >= 0.3 is 16.4 Å². The lowest BCUT2D eigenvalue weighted by Gasteiger charge is -2.09. The van der Waals surface area contributed by atoms with Gasteiger partial charge in [-0.2, -0.15) is 8.42 Å². The summed E-state index contributed by atoms with van der Waals surface area (Å²) in [6.45, 7) is 9.37. The first-order valence-corrected chi connectivity index (χ1v) is 6.80. The molecule has 0 heterocycles. The van der Waals surface area contributed by atoms with Crippen molar-refractivity contribution in [1.29, 1.82) is 0 Å². The highest BCUT2D eigenvalue weighted by Gasteiger charge is 2.01. The van der Waals surface area contributed by atoms with Crippen molar-refractivity contribution in [3.63, 3.8) is 0 Å². The lowest BCUT2D eigenvalue weighted by Crippen LogP contribution is -2.20. The highest BCUT2D eigenvalue weighted by Crippen LogP contribution is 1.91. The molecule has 1 amide bonds. The van der Waals surface area contributed by atoms with E-state index in [4.69, 9.17) is 22.3 Å². The fraction of sp³-hybridized carbons (Fsp3) is 0.455. The van der Waals surface area contributed by atoms with Gasteiger partial charge in [-0.1, -0.05) is 13.2 Å². The average Bonchev–Trinajstić information content (AvgIpc) is 2.26. The standard InChI is InChI=1S/C8H15NO2.C3H5NO.H2O4S/c1-7(2)8(10)11-6-5-9(3)4;1-2-3(4)5;1-5(2,3)4/h1,5-6H2,2-4H3;2H,1H2,(H2,4,5);(H2,1,2,3,4). The zero-order chi connectivity index (χ0) is 17.6. The summed E-state index contributed by atoms with van der Waals surface area (Å²) in [5, 5.41) is 0. The van der Waals surface area contributed by atoms with Crippen LogP contribution in [-0.2, 0) is 24.7 Å². The molecule has 0 radical (unpaired) electrons. The van der Waals surface area contributed by atoms with Gasteiger partial charge in [-0.3, -0.25) is 13.9 Å². The number of hydrogen-bond donors (Lipinski definition) is 3. The van der Waals surface area contributed by atoms with Crippen LogP contribution in [0, 0.1) is 0 Å². The van der Waals surface area contributed by atoms with E-state index in [0.717, 1.165) is 12.6 Å². The molecule has 0 spiro atoms. The fourth-order valence-corrected chi connectivity index (χ4v) is 0.444. The van der Waals surface area contributed by atoms with E-state index in [2.05, 4.69) is 18.9 Å². The summed E-state index contributed by atoms with van der Waals surface area (Å²) in [5.41, 5.74) is 4.98. The number of ether oxygens (including phenoxy) is 1. The van der Waals surface area contributed by atoms with Gasteiger partial charge in [0.15, 0.2) is 0 Å². The molecule has 0 saturated carbocycles. The number of amides is 1. The summed E-state index contributed by atoms with van der Waals surface area (Å²) < 4.78 is 36.4. The van der Waals surface area contributed by atoms with Gasteiger partial charge in [0.05, 0.1) is 0 Å². The molecule has 0 aliphatic heterocycles. The maximum atomic E-state index is 10.8. The van der Waals surface area contributed by atoms with E-state index in [0.29, 0.717) is 12.2 Å². The summed E-state index contributed by atoms with van der Waals surface area (Å²) >= 11 is 0. The second kappa shape index (κ2) is 13.2. The molecule has 0 rings (SSSR count). The molecule has 0 aromatic heterocycles. The number of esters is 1. The van der Waals surface area contributed by atoms with E-state index < -0.39 is 16.3 Å². The predicted molar refractivity (Wildman–Crippen MR) is 77.9 cm³/mol. The number of rotatable bonds is 5. The van der Waals surface area contributed by atoms with E-state index in [1.165, 1.54) is 0 Å². The second-order valence-corrected chi connectivity index (χ2v) is 4.67. The van der Waals surface area contributed by atoms with Crippen molar-refractivity contribution in [3.05, 3.63) is 24.8 Å². The van der Waals surface area contributed by atoms with Gasteiger partial charge in [0.1, 0.15) is 6.61 Å². The summed E-state index contributed by atoms with van der Waals surface area (Å²) in [4.78, 5) is 22.2. The number of nitrogens with zero attached hydrogens (tertiary/aromatic N) is 1. The summed E-state index contributed by atoms with van der Waals surface area (Å²) in [6.07, 6.45) is 1.06. The first-order chi connectivity index (χ1) is 9.31. The average molecular weight is 326 g/mol. The molecule has 0 bridgehead atoms. The predicted octanol–water partition coefficient (Wildman–Crippen LogP) is -0.328. The molecule has 0 unspecified atom stereocenters. The topological polar surface area (TPSA) is 147 Å². The van der Waals surface area contributed by atoms with Crippen molar-refractivity contribution in [3.8, 4) is 0 Å². The van der Waals surface area contributed by atoms with Gasteiger partial charge in [0.25, 0.3) is 0 Å². The van der Waals surface area contributed by atoms with Crippen LogP contribution in [0.25, 0.3) is 0 Å². The minimum absolute atomic E-state index is 0.313. The van der Waals surface area contributed by atoms with E-state index in [-0.39, 0.29) is 5.97 Å². The van der Waals surface area contributed by atoms with Crippen molar-refractivity contribution in [1.82, 2.24) is 4.90 Å². The van der Waals surface area contributed by atoms with Crippen molar-refractivity contribution < 1.29 is 31.8 Å². The van der Waals surface area contributed by atoms with E-state index in [9.17, 15) is 9.59 Å². The third-order valence-electron chi connectivity index (χ3n) is 1.32. The Morgan fingerprint density at radius 3 is 1.86 bits per heavy atom. The first-order valence-electron chi connectivity index (χ1n) is 5.40. The molecule has 124 valence electrons. The van der Waals surface area contributed by atoms with Gasteiger partial charge in [0.2, 0.25) is 5.91 Å². The molecule has 0 aliphatic rings. The molecule has 0 aromatic rings. The van der Waals surface area contributed by atoms with Crippen LogP contribution in [0.4, 0.5) is 0 Å².